The average Bonchev–Trinajstić information content (AvgIpc) is 2.21. The van der Waals surface area contributed by atoms with E-state index in [0.717, 1.165) is 24.8 Å². The Labute approximate surface area is 118 Å². The summed E-state index contributed by atoms with van der Waals surface area (Å²) in [5.41, 5.74) is 6.96. The third-order valence-electron chi connectivity index (χ3n) is 3.65. The van der Waals surface area contributed by atoms with Gasteiger partial charge in [0.1, 0.15) is 5.82 Å². The average molecular weight is 294 g/mol. The first-order chi connectivity index (χ1) is 8.02. The van der Waals surface area contributed by atoms with Gasteiger partial charge in [-0.2, -0.15) is 0 Å². The lowest BCUT2D eigenvalue weighted by atomic mass is 9.77. The lowest BCUT2D eigenvalue weighted by molar-refractivity contribution is 0.0405. The van der Waals surface area contributed by atoms with Gasteiger partial charge in [0.15, 0.2) is 0 Å². The smallest absolute Gasteiger partial charge is 0.129 e. The Bertz CT molecular complexity index is 424. The summed E-state index contributed by atoms with van der Waals surface area (Å²) >= 11 is 6.07. The molecule has 0 bridgehead atoms. The van der Waals surface area contributed by atoms with Crippen LogP contribution in [0.1, 0.15) is 36.4 Å². The molecule has 1 aliphatic rings. The van der Waals surface area contributed by atoms with Crippen LogP contribution in [0.4, 0.5) is 4.39 Å². The van der Waals surface area contributed by atoms with Gasteiger partial charge in [0, 0.05) is 5.56 Å². The Hall–Kier alpha value is -0.350. The second-order valence-electron chi connectivity index (χ2n) is 4.80. The van der Waals surface area contributed by atoms with E-state index in [9.17, 15) is 9.50 Å². The Morgan fingerprint density at radius 3 is 2.56 bits per heavy atom. The molecular weight excluding hydrogens is 276 g/mol. The largest absolute Gasteiger partial charge is 0.391 e. The third kappa shape index (κ3) is 2.80. The number of benzene rings is 1. The van der Waals surface area contributed by atoms with Crippen molar-refractivity contribution in [1.82, 2.24) is 0 Å². The summed E-state index contributed by atoms with van der Waals surface area (Å²) in [6, 6.07) is 2.22. The summed E-state index contributed by atoms with van der Waals surface area (Å²) in [6.07, 6.45) is 2.32. The Kier molecular flexibility index (Phi) is 5.41. The van der Waals surface area contributed by atoms with Crippen molar-refractivity contribution in [3.8, 4) is 0 Å². The van der Waals surface area contributed by atoms with Crippen molar-refractivity contribution in [3.63, 3.8) is 0 Å². The molecule has 1 aliphatic carbocycles. The van der Waals surface area contributed by atoms with Gasteiger partial charge < -0.3 is 10.8 Å². The highest BCUT2D eigenvalue weighted by Gasteiger charge is 2.33. The molecule has 0 aliphatic heterocycles. The highest BCUT2D eigenvalue weighted by Crippen LogP contribution is 2.37. The Morgan fingerprint density at radius 2 is 2.06 bits per heavy atom. The van der Waals surface area contributed by atoms with Gasteiger partial charge in [0.25, 0.3) is 0 Å². The van der Waals surface area contributed by atoms with Crippen molar-refractivity contribution in [2.75, 3.05) is 0 Å². The molecule has 0 aromatic heterocycles. The molecular formula is C13H18Cl2FNO. The van der Waals surface area contributed by atoms with Gasteiger partial charge in [0.2, 0.25) is 0 Å². The second kappa shape index (κ2) is 6.20. The highest BCUT2D eigenvalue weighted by atomic mass is 35.5. The predicted octanol–water partition coefficient (Wildman–Crippen LogP) is 3.37. The van der Waals surface area contributed by atoms with E-state index in [1.165, 1.54) is 6.07 Å². The van der Waals surface area contributed by atoms with Crippen LogP contribution in [0.2, 0.25) is 5.02 Å². The molecule has 0 unspecified atom stereocenters. The van der Waals surface area contributed by atoms with Crippen molar-refractivity contribution in [1.29, 1.82) is 0 Å². The maximum atomic E-state index is 13.8. The number of halogens is 3. The third-order valence-corrected chi connectivity index (χ3v) is 4.16. The molecule has 1 fully saturated rings. The summed E-state index contributed by atoms with van der Waals surface area (Å²) in [5, 5.41) is 10.4. The van der Waals surface area contributed by atoms with Crippen LogP contribution in [0.5, 0.6) is 0 Å². The van der Waals surface area contributed by atoms with E-state index in [-0.39, 0.29) is 23.9 Å². The summed E-state index contributed by atoms with van der Waals surface area (Å²) in [5.74, 6) is -0.257. The molecule has 0 saturated heterocycles. The van der Waals surface area contributed by atoms with E-state index >= 15 is 0 Å². The first-order valence-corrected chi connectivity index (χ1v) is 6.28. The van der Waals surface area contributed by atoms with Gasteiger partial charge >= 0.3 is 0 Å². The molecule has 2 atom stereocenters. The number of aliphatic hydroxyl groups excluding tert-OH is 1. The zero-order valence-electron chi connectivity index (χ0n) is 10.2. The van der Waals surface area contributed by atoms with E-state index in [1.54, 1.807) is 13.0 Å². The Morgan fingerprint density at radius 1 is 1.44 bits per heavy atom. The van der Waals surface area contributed by atoms with Gasteiger partial charge in [-0.05, 0) is 37.3 Å². The molecule has 0 amide bonds. The molecule has 1 aromatic carbocycles. The fourth-order valence-electron chi connectivity index (χ4n) is 2.23. The summed E-state index contributed by atoms with van der Waals surface area (Å²) < 4.78 is 13.8. The van der Waals surface area contributed by atoms with Crippen LogP contribution in [-0.2, 0) is 0 Å². The monoisotopic (exact) mass is 293 g/mol. The standard InChI is InChI=1S/C13H17ClFNO.ClH/c1-7-5-6-9(15)10(11(7)14)12(16)13(17)8-3-2-4-8;/h5-6,8,12-13,17H,2-4,16H2,1H3;1H/t12-,13+;/m1./s1. The van der Waals surface area contributed by atoms with Crippen LogP contribution in [0.15, 0.2) is 12.1 Å². The molecule has 1 aromatic rings. The van der Waals surface area contributed by atoms with E-state index < -0.39 is 18.0 Å². The quantitative estimate of drug-likeness (QED) is 0.898. The number of aryl methyl sites for hydroxylation is 1. The molecule has 2 rings (SSSR count). The number of rotatable bonds is 3. The molecule has 3 N–H and O–H groups in total. The topological polar surface area (TPSA) is 46.2 Å². The van der Waals surface area contributed by atoms with Crippen molar-refractivity contribution in [2.45, 2.75) is 38.3 Å². The molecule has 102 valence electrons. The van der Waals surface area contributed by atoms with Gasteiger partial charge in [-0.1, -0.05) is 24.1 Å². The minimum absolute atomic E-state index is 0. The van der Waals surface area contributed by atoms with E-state index in [0.29, 0.717) is 5.02 Å². The van der Waals surface area contributed by atoms with Crippen molar-refractivity contribution < 1.29 is 9.50 Å². The van der Waals surface area contributed by atoms with Crippen LogP contribution in [-0.4, -0.2) is 11.2 Å². The van der Waals surface area contributed by atoms with Crippen molar-refractivity contribution in [2.24, 2.45) is 11.7 Å². The normalized spacial score (nSPS) is 18.7. The number of hydrogen-bond acceptors (Lipinski definition) is 2. The number of nitrogens with two attached hydrogens (primary N) is 1. The van der Waals surface area contributed by atoms with Gasteiger partial charge in [-0.3, -0.25) is 0 Å². The molecule has 1 saturated carbocycles. The first kappa shape index (κ1) is 15.7. The predicted molar refractivity (Wildman–Crippen MR) is 73.7 cm³/mol. The molecule has 5 heteroatoms. The van der Waals surface area contributed by atoms with Crippen LogP contribution < -0.4 is 5.73 Å². The second-order valence-corrected chi connectivity index (χ2v) is 5.18. The zero-order valence-corrected chi connectivity index (χ0v) is 11.8. The summed E-state index contributed by atoms with van der Waals surface area (Å²) in [7, 11) is 0. The van der Waals surface area contributed by atoms with E-state index in [2.05, 4.69) is 0 Å². The van der Waals surface area contributed by atoms with Crippen LogP contribution in [0.25, 0.3) is 0 Å². The van der Waals surface area contributed by atoms with E-state index in [4.69, 9.17) is 17.3 Å². The number of aliphatic hydroxyl groups is 1. The van der Waals surface area contributed by atoms with Crippen LogP contribution in [0, 0.1) is 18.7 Å². The zero-order chi connectivity index (χ0) is 12.6. The Balaban J connectivity index is 0.00000162. The molecule has 2 nitrogen and oxygen atoms in total. The van der Waals surface area contributed by atoms with Gasteiger partial charge in [0.05, 0.1) is 17.2 Å². The maximum absolute atomic E-state index is 13.8. The minimum Gasteiger partial charge on any atom is -0.391 e. The molecule has 0 radical (unpaired) electrons. The first-order valence-electron chi connectivity index (χ1n) is 5.90. The van der Waals surface area contributed by atoms with Gasteiger partial charge in [-0.15, -0.1) is 12.4 Å². The van der Waals surface area contributed by atoms with Crippen molar-refractivity contribution >= 4 is 24.0 Å². The van der Waals surface area contributed by atoms with Gasteiger partial charge in [-0.25, -0.2) is 4.39 Å². The SMILES string of the molecule is Cc1ccc(F)c([C@@H](N)[C@@H](O)C2CCC2)c1Cl.Cl. The van der Waals surface area contributed by atoms with Crippen molar-refractivity contribution in [3.05, 3.63) is 34.1 Å². The summed E-state index contributed by atoms with van der Waals surface area (Å²) in [6.45, 7) is 1.80. The number of hydrogen-bond donors (Lipinski definition) is 2. The summed E-state index contributed by atoms with van der Waals surface area (Å²) in [4.78, 5) is 0. The van der Waals surface area contributed by atoms with E-state index in [1.807, 2.05) is 0 Å². The molecule has 18 heavy (non-hydrogen) atoms. The van der Waals surface area contributed by atoms with Crippen LogP contribution in [0.3, 0.4) is 0 Å². The minimum atomic E-state index is -0.743. The lowest BCUT2D eigenvalue weighted by Gasteiger charge is -2.34. The fourth-order valence-corrected chi connectivity index (χ4v) is 2.51. The maximum Gasteiger partial charge on any atom is 0.129 e. The highest BCUT2D eigenvalue weighted by molar-refractivity contribution is 6.32. The fraction of sp³-hybridized carbons (Fsp3) is 0.538. The lowest BCUT2D eigenvalue weighted by Crippen LogP contribution is -2.37. The molecule has 0 heterocycles. The van der Waals surface area contributed by atoms with Crippen LogP contribution >= 0.6 is 24.0 Å². The molecule has 0 spiro atoms.